The van der Waals surface area contributed by atoms with Crippen LogP contribution in [0.1, 0.15) is 10.4 Å². The van der Waals surface area contributed by atoms with Crippen LogP contribution >= 0.6 is 23.2 Å². The van der Waals surface area contributed by atoms with Gasteiger partial charge in [-0.25, -0.2) is 0 Å². The number of carbonyl (C=O) groups is 2. The molecule has 0 saturated heterocycles. The summed E-state index contributed by atoms with van der Waals surface area (Å²) in [5, 5.41) is -0.286. The van der Waals surface area contributed by atoms with Crippen molar-refractivity contribution in [3.63, 3.8) is 0 Å². The van der Waals surface area contributed by atoms with Gasteiger partial charge in [0, 0.05) is 17.6 Å². The molecule has 0 N–H and O–H groups in total. The Hall–Kier alpha value is -1.06. The molecule has 0 aliphatic heterocycles. The van der Waals surface area contributed by atoms with E-state index >= 15 is 0 Å². The van der Waals surface area contributed by atoms with Gasteiger partial charge >= 0.3 is 5.37 Å². The first kappa shape index (κ1) is 11.0. The van der Waals surface area contributed by atoms with Gasteiger partial charge in [0.15, 0.2) is 0 Å². The van der Waals surface area contributed by atoms with Crippen molar-refractivity contribution in [2.24, 2.45) is 0 Å². The molecule has 0 aromatic heterocycles. The average molecular weight is 232 g/mol. The van der Waals surface area contributed by atoms with Crippen LogP contribution in [0.15, 0.2) is 24.3 Å². The lowest BCUT2D eigenvalue weighted by molar-refractivity contribution is 0.0847. The molecule has 74 valence electrons. The third-order valence-corrected chi connectivity index (χ3v) is 2.17. The fraction of sp³-hybridized carbons (Fsp3) is 0.111. The number of hydrogen-bond donors (Lipinski definition) is 0. The van der Waals surface area contributed by atoms with Crippen molar-refractivity contribution >= 4 is 34.5 Å². The van der Waals surface area contributed by atoms with E-state index in [0.29, 0.717) is 10.6 Å². The van der Waals surface area contributed by atoms with Gasteiger partial charge in [0.25, 0.3) is 5.91 Å². The molecule has 0 radical (unpaired) electrons. The minimum absolute atomic E-state index is 0.367. The molecule has 1 rings (SSSR count). The average Bonchev–Trinajstić information content (AvgIpc) is 2.16. The van der Waals surface area contributed by atoms with E-state index in [9.17, 15) is 9.59 Å². The Morgan fingerprint density at radius 2 is 1.71 bits per heavy atom. The lowest BCUT2D eigenvalue weighted by Crippen LogP contribution is -2.28. The van der Waals surface area contributed by atoms with Gasteiger partial charge in [0.1, 0.15) is 0 Å². The molecule has 0 fully saturated rings. The van der Waals surface area contributed by atoms with Crippen molar-refractivity contribution in [3.05, 3.63) is 34.9 Å². The number of imide groups is 1. The van der Waals surface area contributed by atoms with E-state index in [1.807, 2.05) is 0 Å². The van der Waals surface area contributed by atoms with Crippen molar-refractivity contribution in [1.29, 1.82) is 0 Å². The molecule has 1 aromatic carbocycles. The molecule has 14 heavy (non-hydrogen) atoms. The topological polar surface area (TPSA) is 37.4 Å². The summed E-state index contributed by atoms with van der Waals surface area (Å²) < 4.78 is 0. The molecule has 0 heterocycles. The first-order valence-corrected chi connectivity index (χ1v) is 4.51. The summed E-state index contributed by atoms with van der Waals surface area (Å²) in [7, 11) is 1.31. The Labute approximate surface area is 91.2 Å². The predicted molar refractivity (Wildman–Crippen MR) is 54.8 cm³/mol. The van der Waals surface area contributed by atoms with Gasteiger partial charge in [-0.15, -0.1) is 0 Å². The first-order chi connectivity index (χ1) is 6.52. The number of amides is 2. The molecule has 0 aliphatic rings. The highest BCUT2D eigenvalue weighted by Crippen LogP contribution is 2.11. The Balaban J connectivity index is 2.90. The maximum Gasteiger partial charge on any atom is 0.323 e. The van der Waals surface area contributed by atoms with Gasteiger partial charge in [0.2, 0.25) is 0 Å². The van der Waals surface area contributed by atoms with E-state index < -0.39 is 11.3 Å². The number of nitrogens with zero attached hydrogens (tertiary/aromatic N) is 1. The third-order valence-electron chi connectivity index (χ3n) is 1.66. The lowest BCUT2D eigenvalue weighted by atomic mass is 10.2. The van der Waals surface area contributed by atoms with E-state index in [2.05, 4.69) is 0 Å². The van der Waals surface area contributed by atoms with E-state index in [4.69, 9.17) is 23.2 Å². The van der Waals surface area contributed by atoms with Crippen molar-refractivity contribution in [2.45, 2.75) is 0 Å². The Kier molecular flexibility index (Phi) is 3.49. The molecule has 0 unspecified atom stereocenters. The largest absolute Gasteiger partial charge is 0.323 e. The van der Waals surface area contributed by atoms with Crippen LogP contribution in [0.2, 0.25) is 5.02 Å². The van der Waals surface area contributed by atoms with E-state index in [-0.39, 0.29) is 0 Å². The molecule has 5 heteroatoms. The number of carbonyl (C=O) groups excluding carboxylic acids is 2. The molecule has 0 aliphatic carbocycles. The Bertz CT molecular complexity index is 362. The highest BCUT2D eigenvalue weighted by atomic mass is 35.5. The highest BCUT2D eigenvalue weighted by Gasteiger charge is 2.15. The molecular formula is C9H7Cl2NO2. The lowest BCUT2D eigenvalue weighted by Gasteiger charge is -2.10. The molecule has 2 amide bonds. The van der Waals surface area contributed by atoms with Gasteiger partial charge in [0.05, 0.1) is 0 Å². The summed E-state index contributed by atoms with van der Waals surface area (Å²) >= 11 is 10.8. The molecule has 0 saturated carbocycles. The monoisotopic (exact) mass is 231 g/mol. The van der Waals surface area contributed by atoms with Crippen molar-refractivity contribution in [2.75, 3.05) is 7.05 Å². The van der Waals surface area contributed by atoms with Gasteiger partial charge in [-0.05, 0) is 35.9 Å². The van der Waals surface area contributed by atoms with Gasteiger partial charge in [-0.3, -0.25) is 14.5 Å². The normalized spacial score (nSPS) is 9.64. The minimum atomic E-state index is -0.815. The fourth-order valence-corrected chi connectivity index (χ4v) is 1.07. The van der Waals surface area contributed by atoms with E-state index in [1.54, 1.807) is 12.1 Å². The minimum Gasteiger partial charge on any atom is -0.269 e. The smallest absolute Gasteiger partial charge is 0.269 e. The second-order valence-electron chi connectivity index (χ2n) is 2.62. The Morgan fingerprint density at radius 3 is 2.14 bits per heavy atom. The SMILES string of the molecule is CN(C(=O)Cl)C(=O)c1ccc(Cl)cc1. The Morgan fingerprint density at radius 1 is 1.21 bits per heavy atom. The quantitative estimate of drug-likeness (QED) is 0.551. The highest BCUT2D eigenvalue weighted by molar-refractivity contribution is 6.64. The molecule has 0 bridgehead atoms. The molecule has 0 atom stereocenters. The molecular weight excluding hydrogens is 225 g/mol. The van der Waals surface area contributed by atoms with Crippen LogP contribution in [0.5, 0.6) is 0 Å². The van der Waals surface area contributed by atoms with E-state index in [0.717, 1.165) is 4.90 Å². The number of benzene rings is 1. The van der Waals surface area contributed by atoms with Crippen LogP contribution in [-0.4, -0.2) is 23.2 Å². The van der Waals surface area contributed by atoms with Crippen molar-refractivity contribution in [1.82, 2.24) is 4.90 Å². The summed E-state index contributed by atoms with van der Waals surface area (Å²) in [4.78, 5) is 23.0. The zero-order valence-corrected chi connectivity index (χ0v) is 8.84. The summed E-state index contributed by atoms with van der Waals surface area (Å²) in [6, 6.07) is 6.20. The molecule has 3 nitrogen and oxygen atoms in total. The number of rotatable bonds is 1. The van der Waals surface area contributed by atoms with Gasteiger partial charge in [-0.2, -0.15) is 0 Å². The van der Waals surface area contributed by atoms with Crippen LogP contribution in [0.3, 0.4) is 0 Å². The van der Waals surface area contributed by atoms with Crippen molar-refractivity contribution in [3.8, 4) is 0 Å². The second kappa shape index (κ2) is 4.44. The van der Waals surface area contributed by atoms with Crippen molar-refractivity contribution < 1.29 is 9.59 Å². The molecule has 1 aromatic rings. The molecule has 0 spiro atoms. The number of hydrogen-bond acceptors (Lipinski definition) is 2. The van der Waals surface area contributed by atoms with Crippen LogP contribution < -0.4 is 0 Å². The summed E-state index contributed by atoms with van der Waals surface area (Å²) in [6.45, 7) is 0. The predicted octanol–water partition coefficient (Wildman–Crippen LogP) is 2.77. The summed E-state index contributed by atoms with van der Waals surface area (Å²) in [5.41, 5.74) is 0.367. The standard InChI is InChI=1S/C9H7Cl2NO2/c1-12(9(11)14)8(13)6-2-4-7(10)5-3-6/h2-5H,1H3. The maximum atomic E-state index is 11.5. The first-order valence-electron chi connectivity index (χ1n) is 3.75. The second-order valence-corrected chi connectivity index (χ2v) is 3.38. The zero-order valence-electron chi connectivity index (χ0n) is 7.33. The van der Waals surface area contributed by atoms with E-state index in [1.165, 1.54) is 19.2 Å². The van der Waals surface area contributed by atoms with Gasteiger partial charge < -0.3 is 0 Å². The van der Waals surface area contributed by atoms with Crippen LogP contribution in [0, 0.1) is 0 Å². The van der Waals surface area contributed by atoms with Crippen LogP contribution in [-0.2, 0) is 0 Å². The zero-order chi connectivity index (χ0) is 10.7. The van der Waals surface area contributed by atoms with Gasteiger partial charge in [-0.1, -0.05) is 11.6 Å². The fourth-order valence-electron chi connectivity index (χ4n) is 0.866. The van der Waals surface area contributed by atoms with Crippen LogP contribution in [0.25, 0.3) is 0 Å². The number of halogens is 2. The van der Waals surface area contributed by atoms with Crippen LogP contribution in [0.4, 0.5) is 4.79 Å². The third kappa shape index (κ3) is 2.47. The summed E-state index contributed by atoms with van der Waals surface area (Å²) in [5.74, 6) is -0.457. The maximum absolute atomic E-state index is 11.5. The summed E-state index contributed by atoms with van der Waals surface area (Å²) in [6.07, 6.45) is 0.